The monoisotopic (exact) mass is 296 g/mol. The first-order valence-electron chi connectivity index (χ1n) is 6.93. The fraction of sp³-hybridized carbons (Fsp3) is 0.571. The van der Waals surface area contributed by atoms with Gasteiger partial charge in [-0.05, 0) is 36.6 Å². The number of carboxylic acid groups (broad SMARTS) is 1. The molecular formula is C14H20N2O3S. The maximum atomic E-state index is 12.3. The Kier molecular flexibility index (Phi) is 5.00. The summed E-state index contributed by atoms with van der Waals surface area (Å²) in [4.78, 5) is 26.0. The van der Waals surface area contributed by atoms with Gasteiger partial charge in [0.15, 0.2) is 6.04 Å². The summed E-state index contributed by atoms with van der Waals surface area (Å²) in [5.41, 5.74) is 0. The summed E-state index contributed by atoms with van der Waals surface area (Å²) in [6, 6.07) is 2.28. The molecule has 2 amide bonds. The van der Waals surface area contributed by atoms with Crippen LogP contribution in [0.2, 0.25) is 0 Å². The minimum absolute atomic E-state index is 0.278. The zero-order chi connectivity index (χ0) is 14.5. The molecule has 1 aromatic heterocycles. The van der Waals surface area contributed by atoms with Gasteiger partial charge >= 0.3 is 12.0 Å². The number of nitrogens with one attached hydrogen (secondary N) is 1. The summed E-state index contributed by atoms with van der Waals surface area (Å²) in [6.07, 6.45) is 3.21. The number of hydrogen-bond acceptors (Lipinski definition) is 3. The van der Waals surface area contributed by atoms with Crippen molar-refractivity contribution in [3.63, 3.8) is 0 Å². The molecule has 1 saturated carbocycles. The van der Waals surface area contributed by atoms with Gasteiger partial charge in [-0.25, -0.2) is 9.59 Å². The molecule has 0 bridgehead atoms. The van der Waals surface area contributed by atoms with Gasteiger partial charge in [0.05, 0.1) is 0 Å². The van der Waals surface area contributed by atoms with Crippen LogP contribution in [0.15, 0.2) is 17.5 Å². The van der Waals surface area contributed by atoms with Gasteiger partial charge in [-0.1, -0.05) is 13.0 Å². The van der Waals surface area contributed by atoms with E-state index in [4.69, 9.17) is 0 Å². The van der Waals surface area contributed by atoms with E-state index >= 15 is 0 Å². The van der Waals surface area contributed by atoms with Crippen LogP contribution in [0.1, 0.15) is 37.1 Å². The van der Waals surface area contributed by atoms with Crippen molar-refractivity contribution in [2.75, 3.05) is 13.1 Å². The van der Waals surface area contributed by atoms with E-state index in [1.807, 2.05) is 12.3 Å². The van der Waals surface area contributed by atoms with Crippen molar-refractivity contribution in [3.8, 4) is 0 Å². The third kappa shape index (κ3) is 3.96. The molecule has 1 unspecified atom stereocenters. The van der Waals surface area contributed by atoms with Crippen LogP contribution in [0.3, 0.4) is 0 Å². The number of carbonyl (C=O) groups excluding carboxylic acids is 1. The molecule has 20 heavy (non-hydrogen) atoms. The molecule has 0 aromatic carbocycles. The van der Waals surface area contributed by atoms with Crippen LogP contribution in [-0.4, -0.2) is 35.1 Å². The van der Waals surface area contributed by atoms with Gasteiger partial charge in [0.1, 0.15) is 0 Å². The first-order chi connectivity index (χ1) is 9.61. The molecule has 0 radical (unpaired) electrons. The van der Waals surface area contributed by atoms with E-state index < -0.39 is 12.0 Å². The van der Waals surface area contributed by atoms with Crippen LogP contribution in [0.4, 0.5) is 4.79 Å². The summed E-state index contributed by atoms with van der Waals surface area (Å²) < 4.78 is 0. The molecule has 1 heterocycles. The fourth-order valence-electron chi connectivity index (χ4n) is 2.08. The summed E-state index contributed by atoms with van der Waals surface area (Å²) in [5, 5.41) is 13.7. The molecule has 1 fully saturated rings. The van der Waals surface area contributed by atoms with Crippen molar-refractivity contribution in [1.82, 2.24) is 10.2 Å². The Labute approximate surface area is 122 Å². The summed E-state index contributed by atoms with van der Waals surface area (Å²) >= 11 is 1.34. The molecule has 1 aliphatic carbocycles. The van der Waals surface area contributed by atoms with Gasteiger partial charge in [-0.15, -0.1) is 11.3 Å². The molecule has 2 rings (SSSR count). The molecule has 2 N–H and O–H groups in total. The zero-order valence-corrected chi connectivity index (χ0v) is 12.4. The summed E-state index contributed by atoms with van der Waals surface area (Å²) in [5.74, 6) is -0.430. The highest BCUT2D eigenvalue weighted by Gasteiger charge is 2.29. The molecule has 1 aliphatic rings. The zero-order valence-electron chi connectivity index (χ0n) is 11.5. The topological polar surface area (TPSA) is 69.6 Å². The lowest BCUT2D eigenvalue weighted by Crippen LogP contribution is -2.44. The van der Waals surface area contributed by atoms with Crippen LogP contribution in [0.25, 0.3) is 0 Å². The predicted octanol–water partition coefficient (Wildman–Crippen LogP) is 2.71. The molecule has 0 saturated heterocycles. The SMILES string of the molecule is CCCN(CC1CC1)C(=O)NC(C(=O)O)c1cccs1. The molecule has 1 aromatic rings. The quantitative estimate of drug-likeness (QED) is 0.812. The molecule has 5 nitrogen and oxygen atoms in total. The average molecular weight is 296 g/mol. The normalized spacial score (nSPS) is 15.7. The lowest BCUT2D eigenvalue weighted by atomic mass is 10.2. The van der Waals surface area contributed by atoms with E-state index in [1.165, 1.54) is 24.2 Å². The summed E-state index contributed by atoms with van der Waals surface area (Å²) in [6.45, 7) is 3.41. The highest BCUT2D eigenvalue weighted by Crippen LogP contribution is 2.30. The van der Waals surface area contributed by atoms with E-state index in [9.17, 15) is 14.7 Å². The number of carbonyl (C=O) groups is 2. The molecule has 110 valence electrons. The standard InChI is InChI=1S/C14H20N2O3S/c1-2-7-16(9-10-5-6-10)14(19)15-12(13(17)18)11-4-3-8-20-11/h3-4,8,10,12H,2,5-7,9H2,1H3,(H,15,19)(H,17,18). The summed E-state index contributed by atoms with van der Waals surface area (Å²) in [7, 11) is 0. The Morgan fingerprint density at radius 2 is 2.30 bits per heavy atom. The van der Waals surface area contributed by atoms with Crippen molar-refractivity contribution in [2.24, 2.45) is 5.92 Å². The van der Waals surface area contributed by atoms with Crippen molar-refractivity contribution < 1.29 is 14.7 Å². The van der Waals surface area contributed by atoms with Crippen molar-refractivity contribution in [1.29, 1.82) is 0 Å². The van der Waals surface area contributed by atoms with Crippen molar-refractivity contribution in [2.45, 2.75) is 32.2 Å². The van der Waals surface area contributed by atoms with E-state index in [0.717, 1.165) is 13.0 Å². The lowest BCUT2D eigenvalue weighted by Gasteiger charge is -2.24. The number of amides is 2. The number of nitrogens with zero attached hydrogens (tertiary/aromatic N) is 1. The Bertz CT molecular complexity index is 457. The fourth-order valence-corrected chi connectivity index (χ4v) is 2.85. The van der Waals surface area contributed by atoms with Crippen molar-refractivity contribution >= 4 is 23.3 Å². The van der Waals surface area contributed by atoms with Gasteiger partial charge in [0, 0.05) is 18.0 Å². The Morgan fingerprint density at radius 3 is 2.80 bits per heavy atom. The van der Waals surface area contributed by atoms with E-state index in [2.05, 4.69) is 5.32 Å². The van der Waals surface area contributed by atoms with Crippen molar-refractivity contribution in [3.05, 3.63) is 22.4 Å². The second-order valence-corrected chi connectivity index (χ2v) is 6.10. The van der Waals surface area contributed by atoms with Gasteiger partial charge in [0.2, 0.25) is 0 Å². The van der Waals surface area contributed by atoms with Crippen LogP contribution in [-0.2, 0) is 4.79 Å². The van der Waals surface area contributed by atoms with Crippen LogP contribution >= 0.6 is 11.3 Å². The van der Waals surface area contributed by atoms with E-state index in [-0.39, 0.29) is 6.03 Å². The second kappa shape index (κ2) is 6.74. The minimum atomic E-state index is -1.02. The van der Waals surface area contributed by atoms with Gasteiger partial charge in [-0.2, -0.15) is 0 Å². The first-order valence-corrected chi connectivity index (χ1v) is 7.81. The number of carboxylic acids is 1. The van der Waals surface area contributed by atoms with Gasteiger partial charge in [0.25, 0.3) is 0 Å². The third-order valence-electron chi connectivity index (χ3n) is 3.30. The Morgan fingerprint density at radius 1 is 1.55 bits per heavy atom. The second-order valence-electron chi connectivity index (χ2n) is 5.13. The largest absolute Gasteiger partial charge is 0.479 e. The van der Waals surface area contributed by atoms with Crippen LogP contribution < -0.4 is 5.32 Å². The number of hydrogen-bond donors (Lipinski definition) is 2. The average Bonchev–Trinajstić information content (AvgIpc) is 3.06. The Balaban J connectivity index is 2.00. The molecule has 0 aliphatic heterocycles. The van der Waals surface area contributed by atoms with Crippen LogP contribution in [0, 0.1) is 5.92 Å². The number of rotatable bonds is 7. The minimum Gasteiger partial charge on any atom is -0.479 e. The van der Waals surface area contributed by atoms with E-state index in [0.29, 0.717) is 17.3 Å². The molecule has 0 spiro atoms. The highest BCUT2D eigenvalue weighted by atomic mass is 32.1. The maximum Gasteiger partial charge on any atom is 0.331 e. The smallest absolute Gasteiger partial charge is 0.331 e. The molecular weight excluding hydrogens is 276 g/mol. The van der Waals surface area contributed by atoms with Gasteiger partial charge < -0.3 is 15.3 Å². The van der Waals surface area contributed by atoms with E-state index in [1.54, 1.807) is 17.0 Å². The lowest BCUT2D eigenvalue weighted by molar-refractivity contribution is -0.139. The maximum absolute atomic E-state index is 12.3. The Hall–Kier alpha value is -1.56. The molecule has 6 heteroatoms. The number of aliphatic carboxylic acids is 1. The third-order valence-corrected chi connectivity index (χ3v) is 4.24. The highest BCUT2D eigenvalue weighted by molar-refractivity contribution is 7.10. The number of thiophene rings is 1. The number of urea groups is 1. The molecule has 1 atom stereocenters. The predicted molar refractivity (Wildman–Crippen MR) is 77.8 cm³/mol. The van der Waals surface area contributed by atoms with Crippen LogP contribution in [0.5, 0.6) is 0 Å². The first kappa shape index (κ1) is 14.8. The van der Waals surface area contributed by atoms with Gasteiger partial charge in [-0.3, -0.25) is 0 Å².